The first-order chi connectivity index (χ1) is 10.7. The normalized spacial score (nSPS) is 21.7. The Kier molecular flexibility index (Phi) is 4.32. The molecule has 0 spiro atoms. The molecule has 1 aliphatic carbocycles. The Morgan fingerprint density at radius 3 is 2.65 bits per heavy atom. The number of halogens is 3. The van der Waals surface area contributed by atoms with Crippen molar-refractivity contribution in [1.82, 2.24) is 4.98 Å². The van der Waals surface area contributed by atoms with Gasteiger partial charge < -0.3 is 9.84 Å². The maximum atomic E-state index is 12.6. The summed E-state index contributed by atoms with van der Waals surface area (Å²) >= 11 is 0. The van der Waals surface area contributed by atoms with Crippen molar-refractivity contribution in [1.29, 1.82) is 5.26 Å². The highest BCUT2D eigenvalue weighted by Crippen LogP contribution is 2.41. The summed E-state index contributed by atoms with van der Waals surface area (Å²) in [6, 6.07) is 4.02. The zero-order valence-corrected chi connectivity index (χ0v) is 12.1. The Labute approximate surface area is 130 Å². The van der Waals surface area contributed by atoms with Gasteiger partial charge >= 0.3 is 12.1 Å². The molecule has 1 unspecified atom stereocenters. The molecule has 1 heterocycles. The fourth-order valence-electron chi connectivity index (χ4n) is 2.54. The van der Waals surface area contributed by atoms with Crippen molar-refractivity contribution in [2.45, 2.75) is 30.9 Å². The second-order valence-electron chi connectivity index (χ2n) is 5.22. The summed E-state index contributed by atoms with van der Waals surface area (Å²) in [6.07, 6.45) is -3.50. The summed E-state index contributed by atoms with van der Waals surface area (Å²) in [5.41, 5.74) is -2.06. The average Bonchev–Trinajstić information content (AvgIpc) is 2.54. The van der Waals surface area contributed by atoms with Gasteiger partial charge in [-0.05, 0) is 18.1 Å². The standard InChI is InChI=1S/C15H13F3N2O3/c1-23-13(22)10-6-14(8-19,5-4-11(10)21)9-2-3-12(20-7-9)15(16,17)18/h2-3,7,21H,4-6H2,1H3. The molecule has 1 atom stereocenters. The number of alkyl halides is 3. The van der Waals surface area contributed by atoms with E-state index >= 15 is 0 Å². The first-order valence-electron chi connectivity index (χ1n) is 6.68. The number of carbonyl (C=O) groups excluding carboxylic acids is 1. The molecule has 1 N–H and O–H groups in total. The average molecular weight is 326 g/mol. The zero-order chi connectivity index (χ0) is 17.3. The number of carbonyl (C=O) groups is 1. The van der Waals surface area contributed by atoms with Gasteiger partial charge in [0.25, 0.3) is 0 Å². The van der Waals surface area contributed by atoms with Gasteiger partial charge in [0.15, 0.2) is 0 Å². The lowest BCUT2D eigenvalue weighted by molar-refractivity contribution is -0.141. The third kappa shape index (κ3) is 3.13. The van der Waals surface area contributed by atoms with Gasteiger partial charge in [0.2, 0.25) is 0 Å². The summed E-state index contributed by atoms with van der Waals surface area (Å²) in [4.78, 5) is 15.0. The highest BCUT2D eigenvalue weighted by Gasteiger charge is 2.41. The predicted molar refractivity (Wildman–Crippen MR) is 72.1 cm³/mol. The van der Waals surface area contributed by atoms with E-state index < -0.39 is 23.3 Å². The van der Waals surface area contributed by atoms with Crippen molar-refractivity contribution >= 4 is 5.97 Å². The maximum Gasteiger partial charge on any atom is 0.433 e. The van der Waals surface area contributed by atoms with Crippen LogP contribution in [0.3, 0.4) is 0 Å². The Balaban J connectivity index is 2.40. The van der Waals surface area contributed by atoms with Gasteiger partial charge in [-0.2, -0.15) is 18.4 Å². The minimum Gasteiger partial charge on any atom is -0.512 e. The molecular formula is C15H13F3N2O3. The number of aromatic nitrogens is 1. The Morgan fingerprint density at radius 2 is 2.17 bits per heavy atom. The van der Waals surface area contributed by atoms with Crippen LogP contribution in [0.25, 0.3) is 0 Å². The molecule has 1 aromatic rings. The number of rotatable bonds is 2. The third-order valence-electron chi connectivity index (χ3n) is 3.87. The van der Waals surface area contributed by atoms with Gasteiger partial charge in [0, 0.05) is 19.0 Å². The number of nitrogens with zero attached hydrogens (tertiary/aromatic N) is 2. The molecule has 8 heteroatoms. The van der Waals surface area contributed by atoms with Crippen molar-refractivity contribution in [3.63, 3.8) is 0 Å². The monoisotopic (exact) mass is 326 g/mol. The number of aliphatic hydroxyl groups excluding tert-OH is 1. The van der Waals surface area contributed by atoms with Crippen molar-refractivity contribution < 1.29 is 27.8 Å². The van der Waals surface area contributed by atoms with Gasteiger partial charge in [-0.3, -0.25) is 4.98 Å². The lowest BCUT2D eigenvalue weighted by Gasteiger charge is -2.31. The van der Waals surface area contributed by atoms with E-state index in [0.717, 1.165) is 19.4 Å². The van der Waals surface area contributed by atoms with Crippen LogP contribution in [0.4, 0.5) is 13.2 Å². The van der Waals surface area contributed by atoms with Gasteiger partial charge in [-0.1, -0.05) is 6.07 Å². The lowest BCUT2D eigenvalue weighted by atomic mass is 9.70. The van der Waals surface area contributed by atoms with Crippen molar-refractivity contribution in [3.05, 3.63) is 40.9 Å². The molecule has 0 fully saturated rings. The van der Waals surface area contributed by atoms with Crippen LogP contribution in [-0.2, 0) is 21.1 Å². The molecule has 23 heavy (non-hydrogen) atoms. The maximum absolute atomic E-state index is 12.6. The van der Waals surface area contributed by atoms with E-state index in [0.29, 0.717) is 0 Å². The summed E-state index contributed by atoms with van der Waals surface area (Å²) in [7, 11) is 1.14. The van der Waals surface area contributed by atoms with Crippen LogP contribution in [0.15, 0.2) is 29.7 Å². The lowest BCUT2D eigenvalue weighted by Crippen LogP contribution is -2.31. The molecule has 0 saturated heterocycles. The number of aliphatic hydroxyl groups is 1. The summed E-state index contributed by atoms with van der Waals surface area (Å²) in [5.74, 6) is -0.927. The van der Waals surface area contributed by atoms with Gasteiger partial charge in [0.05, 0.1) is 24.2 Å². The molecule has 0 amide bonds. The van der Waals surface area contributed by atoms with Crippen LogP contribution < -0.4 is 0 Å². The van der Waals surface area contributed by atoms with E-state index in [1.165, 1.54) is 6.07 Å². The van der Waals surface area contributed by atoms with Crippen LogP contribution in [0.2, 0.25) is 0 Å². The molecule has 2 rings (SSSR count). The molecule has 1 aromatic heterocycles. The van der Waals surface area contributed by atoms with Gasteiger partial charge in [0.1, 0.15) is 11.5 Å². The van der Waals surface area contributed by atoms with E-state index in [-0.39, 0.29) is 36.2 Å². The SMILES string of the molecule is COC(=O)C1=C(O)CCC(C#N)(c2ccc(C(F)(F)F)nc2)C1. The molecule has 0 aliphatic heterocycles. The Bertz CT molecular complexity index is 689. The zero-order valence-electron chi connectivity index (χ0n) is 12.1. The quantitative estimate of drug-likeness (QED) is 0.845. The van der Waals surface area contributed by atoms with Gasteiger partial charge in [-0.25, -0.2) is 4.79 Å². The fourth-order valence-corrected chi connectivity index (χ4v) is 2.54. The fraction of sp³-hybridized carbons (Fsp3) is 0.400. The number of esters is 1. The molecule has 5 nitrogen and oxygen atoms in total. The first-order valence-corrected chi connectivity index (χ1v) is 6.68. The number of allylic oxidation sites excluding steroid dienone is 1. The Hall–Kier alpha value is -2.56. The number of pyridine rings is 1. The highest BCUT2D eigenvalue weighted by molar-refractivity contribution is 5.89. The van der Waals surface area contributed by atoms with E-state index in [1.54, 1.807) is 0 Å². The van der Waals surface area contributed by atoms with Crippen molar-refractivity contribution in [3.8, 4) is 6.07 Å². The number of methoxy groups -OCH3 is 1. The first kappa shape index (κ1) is 16.8. The van der Waals surface area contributed by atoms with Crippen molar-refractivity contribution in [2.75, 3.05) is 7.11 Å². The Morgan fingerprint density at radius 1 is 1.48 bits per heavy atom. The molecule has 122 valence electrons. The molecule has 0 saturated carbocycles. The molecule has 0 bridgehead atoms. The molecule has 1 aliphatic rings. The molecule has 0 aromatic carbocycles. The predicted octanol–water partition coefficient (Wildman–Crippen LogP) is 3.03. The minimum atomic E-state index is -4.57. The third-order valence-corrected chi connectivity index (χ3v) is 3.87. The summed E-state index contributed by atoms with van der Waals surface area (Å²) in [6.45, 7) is 0. The van der Waals surface area contributed by atoms with E-state index in [4.69, 9.17) is 0 Å². The highest BCUT2D eigenvalue weighted by atomic mass is 19.4. The number of hydrogen-bond acceptors (Lipinski definition) is 5. The molecular weight excluding hydrogens is 313 g/mol. The number of ether oxygens (including phenoxy) is 1. The van der Waals surface area contributed by atoms with E-state index in [9.17, 15) is 28.3 Å². The van der Waals surface area contributed by atoms with Crippen LogP contribution in [0.1, 0.15) is 30.5 Å². The number of nitriles is 1. The largest absolute Gasteiger partial charge is 0.512 e. The second-order valence-corrected chi connectivity index (χ2v) is 5.22. The smallest absolute Gasteiger partial charge is 0.433 e. The van der Waals surface area contributed by atoms with Crippen LogP contribution in [-0.4, -0.2) is 23.2 Å². The summed E-state index contributed by atoms with van der Waals surface area (Å²) in [5, 5.41) is 19.3. The van der Waals surface area contributed by atoms with Crippen LogP contribution in [0, 0.1) is 11.3 Å². The van der Waals surface area contributed by atoms with Crippen LogP contribution >= 0.6 is 0 Å². The topological polar surface area (TPSA) is 83.2 Å². The summed E-state index contributed by atoms with van der Waals surface area (Å²) < 4.78 is 42.3. The van der Waals surface area contributed by atoms with Crippen LogP contribution in [0.5, 0.6) is 0 Å². The molecule has 0 radical (unpaired) electrons. The van der Waals surface area contributed by atoms with Gasteiger partial charge in [-0.15, -0.1) is 0 Å². The number of hydrogen-bond donors (Lipinski definition) is 1. The van der Waals surface area contributed by atoms with Crippen molar-refractivity contribution in [2.24, 2.45) is 0 Å². The second kappa shape index (κ2) is 5.91. The minimum absolute atomic E-state index is 0.0415. The van der Waals surface area contributed by atoms with E-state index in [1.807, 2.05) is 6.07 Å². The van der Waals surface area contributed by atoms with E-state index in [2.05, 4.69) is 9.72 Å².